The number of carbonyl (C=O) groups excluding carboxylic acids is 1. The van der Waals surface area contributed by atoms with Gasteiger partial charge in [0.1, 0.15) is 5.69 Å². The van der Waals surface area contributed by atoms with Gasteiger partial charge in [0.15, 0.2) is 0 Å². The smallest absolute Gasteiger partial charge is 0.270 e. The summed E-state index contributed by atoms with van der Waals surface area (Å²) >= 11 is 3.53. The Kier molecular flexibility index (Phi) is 4.45. The molecule has 1 fully saturated rings. The Morgan fingerprint density at radius 3 is 3.12 bits per heavy atom. The van der Waals surface area contributed by atoms with Crippen LogP contribution in [0, 0.1) is 6.92 Å². The largest absolute Gasteiger partial charge is 0.348 e. The van der Waals surface area contributed by atoms with Crippen LogP contribution in [0.4, 0.5) is 0 Å². The first-order valence-corrected chi connectivity index (χ1v) is 7.96. The van der Waals surface area contributed by atoms with Crippen molar-refractivity contribution in [2.24, 2.45) is 0 Å². The van der Waals surface area contributed by atoms with Crippen molar-refractivity contribution in [2.45, 2.75) is 44.4 Å². The number of aromatic nitrogens is 1. The minimum absolute atomic E-state index is 0.0125. The molecule has 0 aliphatic heterocycles. The molecule has 2 atom stereocenters. The van der Waals surface area contributed by atoms with Crippen LogP contribution in [0.5, 0.6) is 0 Å². The maximum atomic E-state index is 11.9. The van der Waals surface area contributed by atoms with Gasteiger partial charge in [0.05, 0.1) is 5.01 Å². The number of nitrogens with zero attached hydrogens (tertiary/aromatic N) is 1. The molecule has 2 unspecified atom stereocenters. The molecule has 0 radical (unpaired) electrons. The highest BCUT2D eigenvalue weighted by atomic mass is 32.2. The van der Waals surface area contributed by atoms with Gasteiger partial charge in [-0.05, 0) is 31.9 Å². The van der Waals surface area contributed by atoms with Crippen molar-refractivity contribution in [3.05, 3.63) is 16.1 Å². The van der Waals surface area contributed by atoms with Crippen molar-refractivity contribution < 1.29 is 4.79 Å². The van der Waals surface area contributed by atoms with Crippen LogP contribution in [-0.2, 0) is 0 Å². The molecule has 94 valence electrons. The molecule has 0 aromatic carbocycles. The second kappa shape index (κ2) is 5.87. The van der Waals surface area contributed by atoms with E-state index in [0.717, 1.165) is 28.9 Å². The summed E-state index contributed by atoms with van der Waals surface area (Å²) < 4.78 is 0. The molecule has 1 aromatic rings. The first kappa shape index (κ1) is 12.9. The van der Waals surface area contributed by atoms with E-state index in [2.05, 4.69) is 17.2 Å². The van der Waals surface area contributed by atoms with Gasteiger partial charge in [-0.1, -0.05) is 6.92 Å². The van der Waals surface area contributed by atoms with E-state index < -0.39 is 0 Å². The van der Waals surface area contributed by atoms with Crippen LogP contribution in [0.1, 0.15) is 41.7 Å². The summed E-state index contributed by atoms with van der Waals surface area (Å²) in [5.41, 5.74) is 0.569. The number of amides is 1. The van der Waals surface area contributed by atoms with E-state index in [1.165, 1.54) is 17.8 Å². The van der Waals surface area contributed by atoms with E-state index in [-0.39, 0.29) is 5.91 Å². The van der Waals surface area contributed by atoms with E-state index in [4.69, 9.17) is 0 Å². The predicted octanol–water partition coefficient (Wildman–Crippen LogP) is 2.86. The number of thiazole rings is 1. The first-order chi connectivity index (χ1) is 8.19. The third-order valence-electron chi connectivity index (χ3n) is 2.97. The zero-order valence-corrected chi connectivity index (χ0v) is 11.9. The molecule has 3 nitrogen and oxygen atoms in total. The summed E-state index contributed by atoms with van der Waals surface area (Å²) in [5.74, 6) is 1.15. The van der Waals surface area contributed by atoms with Gasteiger partial charge in [-0.15, -0.1) is 11.3 Å². The molecule has 5 heteroatoms. The van der Waals surface area contributed by atoms with Crippen LogP contribution >= 0.6 is 23.1 Å². The Morgan fingerprint density at radius 1 is 1.65 bits per heavy atom. The summed E-state index contributed by atoms with van der Waals surface area (Å²) in [7, 11) is 0. The van der Waals surface area contributed by atoms with Gasteiger partial charge in [-0.2, -0.15) is 11.8 Å². The highest BCUT2D eigenvalue weighted by molar-refractivity contribution is 7.99. The molecule has 0 bridgehead atoms. The molecule has 1 saturated carbocycles. The maximum Gasteiger partial charge on any atom is 0.270 e. The van der Waals surface area contributed by atoms with Crippen LogP contribution in [0.2, 0.25) is 0 Å². The Hall–Kier alpha value is -0.550. The number of carbonyl (C=O) groups is 1. The number of hydrogen-bond acceptors (Lipinski definition) is 4. The number of nitrogens with one attached hydrogen (secondary N) is 1. The average Bonchev–Trinajstić information content (AvgIpc) is 2.88. The lowest BCUT2D eigenvalue weighted by Crippen LogP contribution is -2.33. The summed E-state index contributed by atoms with van der Waals surface area (Å²) in [6, 6.07) is 0.341. The van der Waals surface area contributed by atoms with Crippen LogP contribution < -0.4 is 5.32 Å². The molecule has 1 heterocycles. The Labute approximate surface area is 110 Å². The van der Waals surface area contributed by atoms with Crippen molar-refractivity contribution in [2.75, 3.05) is 5.75 Å². The molecule has 1 aliphatic rings. The Balaban J connectivity index is 1.84. The van der Waals surface area contributed by atoms with Crippen molar-refractivity contribution in [3.8, 4) is 0 Å². The highest BCUT2D eigenvalue weighted by Gasteiger charge is 2.26. The molecular weight excluding hydrogens is 252 g/mol. The number of rotatable bonds is 4. The number of hydrogen-bond donors (Lipinski definition) is 1. The van der Waals surface area contributed by atoms with Gasteiger partial charge >= 0.3 is 0 Å². The van der Waals surface area contributed by atoms with Crippen molar-refractivity contribution >= 4 is 29.0 Å². The lowest BCUT2D eigenvalue weighted by molar-refractivity contribution is 0.0933. The lowest BCUT2D eigenvalue weighted by atomic mass is 10.2. The third-order valence-corrected chi connectivity index (χ3v) is 4.98. The van der Waals surface area contributed by atoms with E-state index in [0.29, 0.717) is 11.7 Å². The van der Waals surface area contributed by atoms with Gasteiger partial charge in [-0.25, -0.2) is 4.98 Å². The molecule has 0 saturated heterocycles. The highest BCUT2D eigenvalue weighted by Crippen LogP contribution is 2.29. The zero-order chi connectivity index (χ0) is 12.3. The number of thioether (sulfide) groups is 1. The summed E-state index contributed by atoms with van der Waals surface area (Å²) in [6.07, 6.45) is 3.43. The fourth-order valence-corrected chi connectivity index (χ4v) is 3.92. The standard InChI is InChI=1S/C12H18N2OS2/c1-3-16-10-5-4-9(6-10)14-12(15)11-7-17-8(2)13-11/h7,9-10H,3-6H2,1-2H3,(H,14,15). The van der Waals surface area contributed by atoms with E-state index in [9.17, 15) is 4.79 Å². The SMILES string of the molecule is CCSC1CCC(NC(=O)c2csc(C)n2)C1. The zero-order valence-electron chi connectivity index (χ0n) is 10.2. The monoisotopic (exact) mass is 270 g/mol. The Morgan fingerprint density at radius 2 is 2.47 bits per heavy atom. The van der Waals surface area contributed by atoms with Crippen LogP contribution in [0.3, 0.4) is 0 Å². The second-order valence-electron chi connectivity index (χ2n) is 4.31. The first-order valence-electron chi connectivity index (χ1n) is 6.03. The van der Waals surface area contributed by atoms with Crippen LogP contribution in [0.25, 0.3) is 0 Å². The van der Waals surface area contributed by atoms with Gasteiger partial charge in [0, 0.05) is 16.7 Å². The van der Waals surface area contributed by atoms with Crippen molar-refractivity contribution in [3.63, 3.8) is 0 Å². The average molecular weight is 270 g/mol. The number of aryl methyl sites for hydroxylation is 1. The molecule has 1 amide bonds. The molecule has 0 spiro atoms. The Bertz CT molecular complexity index is 392. The second-order valence-corrected chi connectivity index (χ2v) is 6.95. The fraction of sp³-hybridized carbons (Fsp3) is 0.667. The van der Waals surface area contributed by atoms with Crippen molar-refractivity contribution in [1.29, 1.82) is 0 Å². The van der Waals surface area contributed by atoms with E-state index in [1.807, 2.05) is 24.1 Å². The molecule has 17 heavy (non-hydrogen) atoms. The van der Waals surface area contributed by atoms with E-state index >= 15 is 0 Å². The summed E-state index contributed by atoms with van der Waals surface area (Å²) in [5, 5.41) is 6.59. The fourth-order valence-electron chi connectivity index (χ4n) is 2.19. The van der Waals surface area contributed by atoms with Gasteiger partial charge in [0.25, 0.3) is 5.91 Å². The molecule has 2 rings (SSSR count). The van der Waals surface area contributed by atoms with Crippen LogP contribution in [0.15, 0.2) is 5.38 Å². The quantitative estimate of drug-likeness (QED) is 0.914. The maximum absolute atomic E-state index is 11.9. The lowest BCUT2D eigenvalue weighted by Gasteiger charge is -2.11. The topological polar surface area (TPSA) is 42.0 Å². The summed E-state index contributed by atoms with van der Waals surface area (Å²) in [4.78, 5) is 16.1. The van der Waals surface area contributed by atoms with Crippen molar-refractivity contribution in [1.82, 2.24) is 10.3 Å². The molecule has 1 N–H and O–H groups in total. The predicted molar refractivity (Wildman–Crippen MR) is 73.9 cm³/mol. The third kappa shape index (κ3) is 3.45. The molecular formula is C12H18N2OS2. The molecule has 1 aliphatic carbocycles. The normalized spacial score (nSPS) is 23.9. The van der Waals surface area contributed by atoms with Gasteiger partial charge in [-0.3, -0.25) is 4.79 Å². The minimum Gasteiger partial charge on any atom is -0.348 e. The van der Waals surface area contributed by atoms with Gasteiger partial charge < -0.3 is 5.32 Å². The van der Waals surface area contributed by atoms with Crippen LogP contribution in [-0.4, -0.2) is 27.9 Å². The minimum atomic E-state index is -0.0125. The molecule has 1 aromatic heterocycles. The van der Waals surface area contributed by atoms with E-state index in [1.54, 1.807) is 0 Å². The van der Waals surface area contributed by atoms with Gasteiger partial charge in [0.2, 0.25) is 0 Å². The summed E-state index contributed by atoms with van der Waals surface area (Å²) in [6.45, 7) is 4.11.